The Bertz CT molecular complexity index is 306. The van der Waals surface area contributed by atoms with E-state index in [4.69, 9.17) is 9.84 Å². The predicted molar refractivity (Wildman–Crippen MR) is 37.4 cm³/mol. The van der Waals surface area contributed by atoms with Gasteiger partial charge in [-0.05, 0) is 12.1 Å². The lowest BCUT2D eigenvalue weighted by Gasteiger charge is -1.97. The number of hydrogen-bond donors (Lipinski definition) is 1. The maximum Gasteiger partial charge on any atom is 0.262 e. The molecule has 0 saturated carbocycles. The smallest absolute Gasteiger partial charge is 0.262 e. The summed E-state index contributed by atoms with van der Waals surface area (Å²) in [5.74, 6) is 0.102. The number of hydrogen-bond acceptors (Lipinski definition) is 3. The second-order valence-electron chi connectivity index (χ2n) is 2.33. The molecule has 0 fully saturated rings. The second kappa shape index (κ2) is 2.07. The fourth-order valence-corrected chi connectivity index (χ4v) is 1.08. The molecule has 1 aliphatic heterocycles. The predicted octanol–water partition coefficient (Wildman–Crippen LogP) is 0.580. The van der Waals surface area contributed by atoms with Crippen LogP contribution in [0.5, 0.6) is 5.75 Å². The van der Waals surface area contributed by atoms with E-state index >= 15 is 0 Å². The van der Waals surface area contributed by atoms with Crippen LogP contribution in [-0.2, 0) is 0 Å². The van der Waals surface area contributed by atoms with Gasteiger partial charge in [0.25, 0.3) is 6.29 Å². The van der Waals surface area contributed by atoms with Crippen LogP contribution >= 0.6 is 0 Å². The molecule has 1 heterocycles. The molecule has 0 aliphatic carbocycles. The van der Waals surface area contributed by atoms with Gasteiger partial charge in [0.1, 0.15) is 5.75 Å². The number of carbonyl (C=O) groups is 1. The molecule has 0 amide bonds. The third-order valence-electron chi connectivity index (χ3n) is 1.62. The van der Waals surface area contributed by atoms with Gasteiger partial charge in [0.15, 0.2) is 0 Å². The molecule has 1 atom stereocenters. The van der Waals surface area contributed by atoms with Crippen molar-refractivity contribution in [2.24, 2.45) is 0 Å². The monoisotopic (exact) mass is 150 g/mol. The van der Waals surface area contributed by atoms with Crippen LogP contribution in [0.4, 0.5) is 0 Å². The summed E-state index contributed by atoms with van der Waals surface area (Å²) in [6.07, 6.45) is -1.30. The molecule has 3 heteroatoms. The largest absolute Gasteiger partial charge is 0.456 e. The van der Waals surface area contributed by atoms with Crippen LogP contribution in [0, 0.1) is 0 Å². The van der Waals surface area contributed by atoms with E-state index in [1.54, 1.807) is 24.3 Å². The number of benzene rings is 1. The van der Waals surface area contributed by atoms with Gasteiger partial charge in [-0.3, -0.25) is 4.79 Å². The Morgan fingerprint density at radius 3 is 2.82 bits per heavy atom. The van der Waals surface area contributed by atoms with Crippen LogP contribution in [0.2, 0.25) is 0 Å². The van der Waals surface area contributed by atoms with Crippen LogP contribution in [0.15, 0.2) is 24.3 Å². The first-order valence-corrected chi connectivity index (χ1v) is 3.27. The summed E-state index contributed by atoms with van der Waals surface area (Å²) in [7, 11) is 0. The number of carbonyl (C=O) groups excluding carboxylic acids is 1. The van der Waals surface area contributed by atoms with Crippen LogP contribution < -0.4 is 4.74 Å². The molecule has 0 saturated heterocycles. The number of fused-ring (bicyclic) bond motifs is 1. The highest BCUT2D eigenvalue weighted by atomic mass is 16.6. The van der Waals surface area contributed by atoms with E-state index in [1.165, 1.54) is 0 Å². The molecule has 0 radical (unpaired) electrons. The highest BCUT2D eigenvalue weighted by Gasteiger charge is 2.29. The first-order valence-electron chi connectivity index (χ1n) is 3.27. The summed E-state index contributed by atoms with van der Waals surface area (Å²) in [6.45, 7) is 0. The summed E-state index contributed by atoms with van der Waals surface area (Å²) < 4.78 is 4.83. The number of ketones is 1. The minimum atomic E-state index is -1.30. The molecule has 3 nitrogen and oxygen atoms in total. The molecular weight excluding hydrogens is 144 g/mol. The molecule has 0 spiro atoms. The van der Waals surface area contributed by atoms with Crippen molar-refractivity contribution in [1.82, 2.24) is 0 Å². The van der Waals surface area contributed by atoms with Crippen molar-refractivity contribution in [3.8, 4) is 5.75 Å². The Balaban J connectivity index is 2.55. The van der Waals surface area contributed by atoms with Gasteiger partial charge in [-0.1, -0.05) is 12.1 Å². The highest BCUT2D eigenvalue weighted by molar-refractivity contribution is 6.03. The van der Waals surface area contributed by atoms with Crippen molar-refractivity contribution in [2.45, 2.75) is 6.29 Å². The molecule has 1 aromatic rings. The molecule has 2 rings (SSSR count). The van der Waals surface area contributed by atoms with Gasteiger partial charge in [-0.25, -0.2) is 0 Å². The van der Waals surface area contributed by atoms with Crippen LogP contribution in [0.3, 0.4) is 0 Å². The molecule has 1 aromatic carbocycles. The molecule has 11 heavy (non-hydrogen) atoms. The second-order valence-corrected chi connectivity index (χ2v) is 2.33. The van der Waals surface area contributed by atoms with Gasteiger partial charge < -0.3 is 9.84 Å². The number of rotatable bonds is 0. The van der Waals surface area contributed by atoms with Crippen LogP contribution in [-0.4, -0.2) is 17.2 Å². The zero-order valence-corrected chi connectivity index (χ0v) is 5.65. The van der Waals surface area contributed by atoms with Crippen molar-refractivity contribution < 1.29 is 14.6 Å². The van der Waals surface area contributed by atoms with Gasteiger partial charge in [-0.2, -0.15) is 0 Å². The van der Waals surface area contributed by atoms with Crippen molar-refractivity contribution in [3.05, 3.63) is 29.8 Å². The zero-order valence-electron chi connectivity index (χ0n) is 5.65. The number of aliphatic hydroxyl groups is 1. The van der Waals surface area contributed by atoms with Gasteiger partial charge in [0, 0.05) is 0 Å². The number of para-hydroxylation sites is 1. The first kappa shape index (κ1) is 6.37. The maximum absolute atomic E-state index is 11.0. The minimum Gasteiger partial charge on any atom is -0.456 e. The number of aliphatic hydroxyl groups excluding tert-OH is 1. The Morgan fingerprint density at radius 1 is 1.36 bits per heavy atom. The summed E-state index contributed by atoms with van der Waals surface area (Å²) in [4.78, 5) is 11.0. The SMILES string of the molecule is O=C1c2ccccc2O[C@H]1O. The summed E-state index contributed by atoms with van der Waals surface area (Å²) >= 11 is 0. The third-order valence-corrected chi connectivity index (χ3v) is 1.62. The molecule has 0 unspecified atom stereocenters. The number of ether oxygens (including phenoxy) is 1. The molecule has 56 valence electrons. The van der Waals surface area contributed by atoms with E-state index in [0.29, 0.717) is 11.3 Å². The Hall–Kier alpha value is -1.35. The quantitative estimate of drug-likeness (QED) is 0.588. The third kappa shape index (κ3) is 0.816. The van der Waals surface area contributed by atoms with Gasteiger partial charge in [-0.15, -0.1) is 0 Å². The Morgan fingerprint density at radius 2 is 2.09 bits per heavy atom. The topological polar surface area (TPSA) is 46.5 Å². The maximum atomic E-state index is 11.0. The zero-order chi connectivity index (χ0) is 7.84. The van der Waals surface area contributed by atoms with Gasteiger partial charge >= 0.3 is 0 Å². The molecule has 0 aromatic heterocycles. The Kier molecular flexibility index (Phi) is 1.20. The van der Waals surface area contributed by atoms with E-state index in [1.807, 2.05) is 0 Å². The molecule has 1 aliphatic rings. The van der Waals surface area contributed by atoms with E-state index in [-0.39, 0.29) is 5.78 Å². The van der Waals surface area contributed by atoms with Crippen LogP contribution in [0.1, 0.15) is 10.4 Å². The molecule has 1 N–H and O–H groups in total. The fourth-order valence-electron chi connectivity index (χ4n) is 1.08. The van der Waals surface area contributed by atoms with E-state index in [0.717, 1.165) is 0 Å². The van der Waals surface area contributed by atoms with Gasteiger partial charge in [0.2, 0.25) is 5.78 Å². The lowest BCUT2D eigenvalue weighted by atomic mass is 10.1. The lowest BCUT2D eigenvalue weighted by molar-refractivity contribution is 0.00866. The number of Topliss-reactive ketones (excluding diaryl/α,β-unsaturated/α-hetero) is 1. The van der Waals surface area contributed by atoms with Crippen molar-refractivity contribution in [2.75, 3.05) is 0 Å². The minimum absolute atomic E-state index is 0.361. The normalized spacial score (nSPS) is 21.2. The highest BCUT2D eigenvalue weighted by Crippen LogP contribution is 2.26. The van der Waals surface area contributed by atoms with Crippen molar-refractivity contribution in [1.29, 1.82) is 0 Å². The summed E-state index contributed by atoms with van der Waals surface area (Å²) in [6, 6.07) is 6.78. The van der Waals surface area contributed by atoms with Crippen LogP contribution in [0.25, 0.3) is 0 Å². The standard InChI is InChI=1S/C8H6O3/c9-7-5-3-1-2-4-6(5)11-8(7)10/h1-4,8,10H/t8-/m1/s1. The molecular formula is C8H6O3. The fraction of sp³-hybridized carbons (Fsp3) is 0.125. The average molecular weight is 150 g/mol. The average Bonchev–Trinajstić information content (AvgIpc) is 2.30. The van der Waals surface area contributed by atoms with Crippen molar-refractivity contribution >= 4 is 5.78 Å². The van der Waals surface area contributed by atoms with Crippen molar-refractivity contribution in [3.63, 3.8) is 0 Å². The summed E-state index contributed by atoms with van der Waals surface area (Å²) in [5.41, 5.74) is 0.458. The summed E-state index contributed by atoms with van der Waals surface area (Å²) in [5, 5.41) is 8.95. The van der Waals surface area contributed by atoms with E-state index < -0.39 is 6.29 Å². The Labute approximate surface area is 63.2 Å². The van der Waals surface area contributed by atoms with Gasteiger partial charge in [0.05, 0.1) is 5.56 Å². The van der Waals surface area contributed by atoms with E-state index in [2.05, 4.69) is 0 Å². The molecule has 0 bridgehead atoms. The lowest BCUT2D eigenvalue weighted by Crippen LogP contribution is -2.18. The first-order chi connectivity index (χ1) is 5.29. The van der Waals surface area contributed by atoms with E-state index in [9.17, 15) is 4.79 Å².